The smallest absolute Gasteiger partial charge is 0.232 e. The van der Waals surface area contributed by atoms with E-state index in [9.17, 15) is 4.79 Å². The molecule has 25 heavy (non-hydrogen) atoms. The zero-order valence-electron chi connectivity index (χ0n) is 13.9. The van der Waals surface area contributed by atoms with E-state index < -0.39 is 0 Å². The van der Waals surface area contributed by atoms with Crippen molar-refractivity contribution in [1.29, 1.82) is 0 Å². The molecule has 3 aromatic rings. The number of carbonyl (C=O) groups excluding carboxylic acids is 1. The van der Waals surface area contributed by atoms with E-state index >= 15 is 0 Å². The molecule has 0 aromatic carbocycles. The fraction of sp³-hybridized carbons (Fsp3) is 0.294. The van der Waals surface area contributed by atoms with Crippen LogP contribution in [0.2, 0.25) is 0 Å². The highest BCUT2D eigenvalue weighted by Crippen LogP contribution is 2.38. The molecule has 3 rings (SSSR count). The van der Waals surface area contributed by atoms with Gasteiger partial charge in [-0.15, -0.1) is 11.8 Å². The summed E-state index contributed by atoms with van der Waals surface area (Å²) in [6.45, 7) is 4.07. The fourth-order valence-corrected chi connectivity index (χ4v) is 4.20. The number of pyridine rings is 1. The zero-order valence-corrected chi connectivity index (χ0v) is 15.6. The minimum atomic E-state index is -0.127. The number of rotatable bonds is 7. The van der Waals surface area contributed by atoms with Crippen molar-refractivity contribution in [3.8, 4) is 0 Å². The van der Waals surface area contributed by atoms with Crippen LogP contribution < -0.4 is 5.32 Å². The lowest BCUT2D eigenvalue weighted by Gasteiger charge is -2.04. The number of anilines is 1. The Morgan fingerprint density at radius 3 is 2.92 bits per heavy atom. The van der Waals surface area contributed by atoms with Crippen LogP contribution in [0.25, 0.3) is 0 Å². The monoisotopic (exact) mass is 374 g/mol. The predicted molar refractivity (Wildman–Crippen MR) is 98.8 cm³/mol. The number of oxazole rings is 1. The topological polar surface area (TPSA) is 80.9 Å². The van der Waals surface area contributed by atoms with Gasteiger partial charge in [-0.1, -0.05) is 24.3 Å². The summed E-state index contributed by atoms with van der Waals surface area (Å²) in [4.78, 5) is 24.8. The number of carbonyl (C=O) groups is 1. The summed E-state index contributed by atoms with van der Waals surface area (Å²) >= 11 is 3.05. The van der Waals surface area contributed by atoms with Crippen LogP contribution in [0.15, 0.2) is 45.4 Å². The molecule has 1 N–H and O–H groups in total. The lowest BCUT2D eigenvalue weighted by Crippen LogP contribution is -2.14. The Bertz CT molecular complexity index is 832. The van der Waals surface area contributed by atoms with Gasteiger partial charge in [-0.3, -0.25) is 9.78 Å². The molecule has 8 heteroatoms. The Labute approximate surface area is 154 Å². The molecular weight excluding hydrogens is 356 g/mol. The van der Waals surface area contributed by atoms with Crippen molar-refractivity contribution in [2.24, 2.45) is 0 Å². The van der Waals surface area contributed by atoms with Crippen LogP contribution in [0, 0.1) is 0 Å². The first-order chi connectivity index (χ1) is 12.1. The molecular formula is C17H18N4O2S2. The first-order valence-electron chi connectivity index (χ1n) is 7.91. The summed E-state index contributed by atoms with van der Waals surface area (Å²) in [5.74, 6) is 1.46. The van der Waals surface area contributed by atoms with Crippen LogP contribution in [0.5, 0.6) is 0 Å². The number of hydrogen-bond donors (Lipinski definition) is 1. The largest absolute Gasteiger partial charge is 0.445 e. The minimum absolute atomic E-state index is 0.0813. The molecule has 0 aliphatic heterocycles. The number of nitrogens with zero attached hydrogens (tertiary/aromatic N) is 3. The molecule has 0 spiro atoms. The van der Waals surface area contributed by atoms with Gasteiger partial charge in [0.15, 0.2) is 5.13 Å². The van der Waals surface area contributed by atoms with Crippen molar-refractivity contribution in [2.45, 2.75) is 36.1 Å². The van der Waals surface area contributed by atoms with E-state index in [1.54, 1.807) is 30.4 Å². The van der Waals surface area contributed by atoms with Gasteiger partial charge in [0, 0.05) is 18.3 Å². The van der Waals surface area contributed by atoms with Crippen LogP contribution in [0.1, 0.15) is 36.4 Å². The highest BCUT2D eigenvalue weighted by atomic mass is 32.2. The maximum Gasteiger partial charge on any atom is 0.232 e. The average molecular weight is 374 g/mol. The molecule has 0 aliphatic rings. The molecule has 1 amide bonds. The Hall–Kier alpha value is -2.19. The molecule has 0 saturated carbocycles. The Kier molecular flexibility index (Phi) is 5.83. The van der Waals surface area contributed by atoms with Gasteiger partial charge in [0.25, 0.3) is 0 Å². The van der Waals surface area contributed by atoms with Crippen LogP contribution in [-0.4, -0.2) is 20.9 Å². The summed E-state index contributed by atoms with van der Waals surface area (Å²) in [6, 6.07) is 5.51. The highest BCUT2D eigenvalue weighted by molar-refractivity contribution is 8.01. The van der Waals surface area contributed by atoms with Crippen molar-refractivity contribution < 1.29 is 9.21 Å². The summed E-state index contributed by atoms with van der Waals surface area (Å²) < 4.78 is 6.68. The van der Waals surface area contributed by atoms with Crippen molar-refractivity contribution in [3.05, 3.63) is 54.1 Å². The number of hydrogen-bond acceptors (Lipinski definition) is 7. The van der Waals surface area contributed by atoms with Gasteiger partial charge in [0.1, 0.15) is 5.76 Å². The fourth-order valence-electron chi connectivity index (χ4n) is 2.10. The molecule has 1 unspecified atom stereocenters. The Morgan fingerprint density at radius 2 is 2.20 bits per heavy atom. The average Bonchev–Trinajstić information content (AvgIpc) is 3.25. The number of aromatic nitrogens is 3. The minimum Gasteiger partial charge on any atom is -0.445 e. The van der Waals surface area contributed by atoms with Gasteiger partial charge in [-0.05, 0) is 19.1 Å². The molecule has 3 aromatic heterocycles. The summed E-state index contributed by atoms with van der Waals surface area (Å²) in [7, 11) is 0. The van der Waals surface area contributed by atoms with Gasteiger partial charge in [0.2, 0.25) is 11.8 Å². The molecule has 130 valence electrons. The number of thioether (sulfide) groups is 1. The molecule has 0 fully saturated rings. The predicted octanol–water partition coefficient (Wildman–Crippen LogP) is 4.12. The van der Waals surface area contributed by atoms with Gasteiger partial charge in [-0.2, -0.15) is 0 Å². The Balaban J connectivity index is 1.55. The molecule has 6 nitrogen and oxygen atoms in total. The van der Waals surface area contributed by atoms with Crippen molar-refractivity contribution in [1.82, 2.24) is 15.0 Å². The second kappa shape index (κ2) is 8.26. The van der Waals surface area contributed by atoms with E-state index in [0.29, 0.717) is 11.0 Å². The molecule has 0 saturated heterocycles. The third-order valence-electron chi connectivity index (χ3n) is 3.36. The van der Waals surface area contributed by atoms with Crippen LogP contribution >= 0.6 is 23.1 Å². The van der Waals surface area contributed by atoms with Crippen LogP contribution in [0.3, 0.4) is 0 Å². The zero-order chi connectivity index (χ0) is 17.6. The molecule has 0 radical (unpaired) electrons. The number of nitrogens with one attached hydrogen (secondary N) is 1. The Morgan fingerprint density at radius 1 is 1.32 bits per heavy atom. The maximum atomic E-state index is 12.1. The SMILES string of the molecule is CCc1cnc(C(C)Sc2cnc(NC(=O)Cc3ccccn3)s2)o1. The second-order valence-corrected chi connectivity index (χ2v) is 7.98. The normalized spacial score (nSPS) is 12.1. The van der Waals surface area contributed by atoms with E-state index in [1.807, 2.05) is 32.0 Å². The van der Waals surface area contributed by atoms with Crippen LogP contribution in [-0.2, 0) is 17.6 Å². The highest BCUT2D eigenvalue weighted by Gasteiger charge is 2.16. The lowest BCUT2D eigenvalue weighted by molar-refractivity contribution is -0.115. The molecule has 0 aliphatic carbocycles. The third-order valence-corrected chi connectivity index (χ3v) is 5.50. The van der Waals surface area contributed by atoms with E-state index in [4.69, 9.17) is 4.42 Å². The van der Waals surface area contributed by atoms with Gasteiger partial charge in [-0.25, -0.2) is 9.97 Å². The lowest BCUT2D eigenvalue weighted by atomic mass is 10.2. The maximum absolute atomic E-state index is 12.1. The molecule has 3 heterocycles. The third kappa shape index (κ3) is 4.90. The van der Waals surface area contributed by atoms with E-state index in [2.05, 4.69) is 20.3 Å². The second-order valence-electron chi connectivity index (χ2n) is 5.31. The molecule has 0 bridgehead atoms. The van der Waals surface area contributed by atoms with E-state index in [-0.39, 0.29) is 17.6 Å². The number of amides is 1. The van der Waals surface area contributed by atoms with Gasteiger partial charge in [0.05, 0.1) is 28.3 Å². The van der Waals surface area contributed by atoms with E-state index in [1.165, 1.54) is 11.3 Å². The summed E-state index contributed by atoms with van der Waals surface area (Å²) in [5, 5.41) is 3.48. The van der Waals surface area contributed by atoms with Crippen molar-refractivity contribution in [2.75, 3.05) is 5.32 Å². The first-order valence-corrected chi connectivity index (χ1v) is 9.60. The quantitative estimate of drug-likeness (QED) is 0.627. The summed E-state index contributed by atoms with van der Waals surface area (Å²) in [6.07, 6.45) is 6.26. The van der Waals surface area contributed by atoms with Gasteiger partial charge >= 0.3 is 0 Å². The van der Waals surface area contributed by atoms with Crippen molar-refractivity contribution in [3.63, 3.8) is 0 Å². The van der Waals surface area contributed by atoms with Gasteiger partial charge < -0.3 is 9.73 Å². The van der Waals surface area contributed by atoms with Crippen LogP contribution in [0.4, 0.5) is 5.13 Å². The van der Waals surface area contributed by atoms with Crippen molar-refractivity contribution >= 4 is 34.1 Å². The standard InChI is InChI=1S/C17H18N4O2S2/c1-3-13-9-19-16(23-13)11(2)24-15-10-20-17(25-15)21-14(22)8-12-6-4-5-7-18-12/h4-7,9-11H,3,8H2,1-2H3,(H,20,21,22). The van der Waals surface area contributed by atoms with E-state index in [0.717, 1.165) is 22.1 Å². The molecule has 1 atom stereocenters. The number of thiazole rings is 1. The first kappa shape index (κ1) is 17.6. The number of aryl methyl sites for hydroxylation is 1. The summed E-state index contributed by atoms with van der Waals surface area (Å²) in [5.41, 5.74) is 0.732.